The molecule has 0 amide bonds. The van der Waals surface area contributed by atoms with Crippen LogP contribution in [0.4, 0.5) is 0 Å². The summed E-state index contributed by atoms with van der Waals surface area (Å²) in [7, 11) is -2.80. The van der Waals surface area contributed by atoms with E-state index in [4.69, 9.17) is 0 Å². The standard InChI is InChI=1S/C14H28N2O2S/c1-4-15-14-7-8-16(12(3)11(14)2)13-6-5-9-19(17,18)10-13/h11-15H,4-10H2,1-3H3. The molecule has 0 aliphatic carbocycles. The lowest BCUT2D eigenvalue weighted by Gasteiger charge is -2.47. The SMILES string of the molecule is CCNC1CCN(C2CCCS(=O)(=O)C2)C(C)C1C. The van der Waals surface area contributed by atoms with Crippen molar-refractivity contribution in [1.82, 2.24) is 10.2 Å². The van der Waals surface area contributed by atoms with Gasteiger partial charge in [-0.05, 0) is 38.6 Å². The third-order valence-electron chi connectivity index (χ3n) is 4.99. The first-order valence-electron chi connectivity index (χ1n) is 7.64. The van der Waals surface area contributed by atoms with Crippen molar-refractivity contribution in [1.29, 1.82) is 0 Å². The first-order valence-corrected chi connectivity index (χ1v) is 9.46. The second kappa shape index (κ2) is 6.10. The number of hydrogen-bond acceptors (Lipinski definition) is 4. The highest BCUT2D eigenvalue weighted by molar-refractivity contribution is 7.91. The molecule has 112 valence electrons. The minimum atomic E-state index is -2.80. The number of nitrogens with zero attached hydrogens (tertiary/aromatic N) is 1. The fourth-order valence-electron chi connectivity index (χ4n) is 3.72. The highest BCUT2D eigenvalue weighted by atomic mass is 32.2. The van der Waals surface area contributed by atoms with E-state index in [2.05, 4.69) is 31.0 Å². The summed E-state index contributed by atoms with van der Waals surface area (Å²) in [5.41, 5.74) is 0. The predicted octanol–water partition coefficient (Wildman–Crippen LogP) is 1.27. The van der Waals surface area contributed by atoms with Crippen molar-refractivity contribution < 1.29 is 8.42 Å². The monoisotopic (exact) mass is 288 g/mol. The molecule has 5 heteroatoms. The maximum atomic E-state index is 11.8. The summed E-state index contributed by atoms with van der Waals surface area (Å²) in [4.78, 5) is 2.45. The van der Waals surface area contributed by atoms with Crippen molar-refractivity contribution in [3.8, 4) is 0 Å². The molecule has 19 heavy (non-hydrogen) atoms. The molecule has 1 N–H and O–H groups in total. The Morgan fingerprint density at radius 3 is 2.63 bits per heavy atom. The van der Waals surface area contributed by atoms with Gasteiger partial charge >= 0.3 is 0 Å². The molecule has 0 aromatic rings. The quantitative estimate of drug-likeness (QED) is 0.850. The Kier molecular flexibility index (Phi) is 4.90. The second-order valence-corrected chi connectivity index (χ2v) is 8.43. The molecule has 0 bridgehead atoms. The van der Waals surface area contributed by atoms with Gasteiger partial charge in [0.25, 0.3) is 0 Å². The largest absolute Gasteiger partial charge is 0.314 e. The van der Waals surface area contributed by atoms with Crippen LogP contribution in [0.2, 0.25) is 0 Å². The van der Waals surface area contributed by atoms with Crippen LogP contribution >= 0.6 is 0 Å². The summed E-state index contributed by atoms with van der Waals surface area (Å²) in [6.45, 7) is 8.75. The first-order chi connectivity index (χ1) is 8.94. The summed E-state index contributed by atoms with van der Waals surface area (Å²) in [5.74, 6) is 1.34. The van der Waals surface area contributed by atoms with Crippen LogP contribution in [0.3, 0.4) is 0 Å². The highest BCUT2D eigenvalue weighted by Gasteiger charge is 2.38. The van der Waals surface area contributed by atoms with Gasteiger partial charge in [-0.25, -0.2) is 8.42 Å². The minimum absolute atomic E-state index is 0.249. The zero-order valence-corrected chi connectivity index (χ0v) is 13.2. The zero-order valence-electron chi connectivity index (χ0n) is 12.4. The van der Waals surface area contributed by atoms with E-state index in [9.17, 15) is 8.42 Å². The van der Waals surface area contributed by atoms with Gasteiger partial charge in [-0.1, -0.05) is 13.8 Å². The molecule has 2 fully saturated rings. The van der Waals surface area contributed by atoms with Crippen LogP contribution in [0, 0.1) is 5.92 Å². The predicted molar refractivity (Wildman–Crippen MR) is 79.1 cm³/mol. The van der Waals surface area contributed by atoms with Crippen LogP contribution < -0.4 is 5.32 Å². The first kappa shape index (κ1) is 15.3. The number of sulfone groups is 1. The van der Waals surface area contributed by atoms with Gasteiger partial charge in [-0.2, -0.15) is 0 Å². The maximum absolute atomic E-state index is 11.8. The lowest BCUT2D eigenvalue weighted by molar-refractivity contribution is 0.0499. The van der Waals surface area contributed by atoms with Crippen molar-refractivity contribution in [2.75, 3.05) is 24.6 Å². The molecule has 0 spiro atoms. The fraction of sp³-hybridized carbons (Fsp3) is 1.00. The summed E-state index contributed by atoms with van der Waals surface area (Å²) >= 11 is 0. The third-order valence-corrected chi connectivity index (χ3v) is 6.79. The molecule has 2 aliphatic heterocycles. The Labute approximate surface area is 117 Å². The molecule has 4 unspecified atom stereocenters. The molecule has 2 rings (SSSR count). The van der Waals surface area contributed by atoms with Crippen LogP contribution in [0.5, 0.6) is 0 Å². The van der Waals surface area contributed by atoms with Gasteiger partial charge in [0.1, 0.15) is 0 Å². The van der Waals surface area contributed by atoms with Gasteiger partial charge in [0.05, 0.1) is 11.5 Å². The lowest BCUT2D eigenvalue weighted by Crippen LogP contribution is -2.58. The summed E-state index contributed by atoms with van der Waals surface area (Å²) in [6, 6.07) is 1.30. The number of hydrogen-bond donors (Lipinski definition) is 1. The van der Waals surface area contributed by atoms with Gasteiger partial charge < -0.3 is 5.32 Å². The van der Waals surface area contributed by atoms with E-state index in [1.165, 1.54) is 0 Å². The van der Waals surface area contributed by atoms with E-state index in [0.717, 1.165) is 32.4 Å². The zero-order chi connectivity index (χ0) is 14.0. The number of rotatable bonds is 3. The van der Waals surface area contributed by atoms with Crippen molar-refractivity contribution >= 4 is 9.84 Å². The van der Waals surface area contributed by atoms with Crippen LogP contribution in [0.1, 0.15) is 40.0 Å². The van der Waals surface area contributed by atoms with Crippen molar-refractivity contribution in [3.63, 3.8) is 0 Å². The van der Waals surface area contributed by atoms with Crippen LogP contribution in [-0.4, -0.2) is 56.0 Å². The Hall–Kier alpha value is -0.130. The molecule has 2 heterocycles. The average Bonchev–Trinajstić information content (AvgIpc) is 2.34. The van der Waals surface area contributed by atoms with E-state index in [1.54, 1.807) is 0 Å². The van der Waals surface area contributed by atoms with Crippen LogP contribution in [-0.2, 0) is 9.84 Å². The van der Waals surface area contributed by atoms with E-state index in [0.29, 0.717) is 29.5 Å². The lowest BCUT2D eigenvalue weighted by atomic mass is 9.85. The average molecular weight is 288 g/mol. The Balaban J connectivity index is 2.02. The van der Waals surface area contributed by atoms with Gasteiger partial charge in [-0.15, -0.1) is 0 Å². The molecule has 0 saturated carbocycles. The van der Waals surface area contributed by atoms with E-state index >= 15 is 0 Å². The van der Waals surface area contributed by atoms with E-state index < -0.39 is 9.84 Å². The fourth-order valence-corrected chi connectivity index (χ4v) is 5.44. The van der Waals surface area contributed by atoms with Gasteiger partial charge in [0.15, 0.2) is 9.84 Å². The molecular weight excluding hydrogens is 260 g/mol. The Bertz CT molecular complexity index is 396. The summed E-state index contributed by atoms with van der Waals surface area (Å²) in [6.07, 6.45) is 3.01. The molecule has 2 saturated heterocycles. The topological polar surface area (TPSA) is 49.4 Å². The molecule has 0 radical (unpaired) electrons. The maximum Gasteiger partial charge on any atom is 0.151 e. The third kappa shape index (κ3) is 3.50. The molecule has 0 aromatic carbocycles. The van der Waals surface area contributed by atoms with Crippen molar-refractivity contribution in [2.45, 2.75) is 58.2 Å². The van der Waals surface area contributed by atoms with E-state index in [1.807, 2.05) is 0 Å². The molecule has 4 nitrogen and oxygen atoms in total. The van der Waals surface area contributed by atoms with Crippen molar-refractivity contribution in [2.24, 2.45) is 5.92 Å². The molecule has 2 aliphatic rings. The summed E-state index contributed by atoms with van der Waals surface area (Å²) in [5, 5.41) is 3.56. The molecule has 4 atom stereocenters. The minimum Gasteiger partial charge on any atom is -0.314 e. The van der Waals surface area contributed by atoms with Gasteiger partial charge in [-0.3, -0.25) is 4.90 Å². The molecular formula is C14H28N2O2S. The van der Waals surface area contributed by atoms with Gasteiger partial charge in [0, 0.05) is 24.7 Å². The normalized spacial score (nSPS) is 40.2. The molecule has 0 aromatic heterocycles. The number of likely N-dealkylation sites (tertiary alicyclic amines) is 1. The summed E-state index contributed by atoms with van der Waals surface area (Å²) < 4.78 is 23.6. The van der Waals surface area contributed by atoms with E-state index in [-0.39, 0.29) is 6.04 Å². The Morgan fingerprint density at radius 2 is 2.00 bits per heavy atom. The number of nitrogens with one attached hydrogen (secondary N) is 1. The van der Waals surface area contributed by atoms with Crippen LogP contribution in [0.15, 0.2) is 0 Å². The van der Waals surface area contributed by atoms with Crippen LogP contribution in [0.25, 0.3) is 0 Å². The number of piperidine rings is 1. The Morgan fingerprint density at radius 1 is 1.26 bits per heavy atom. The van der Waals surface area contributed by atoms with Crippen molar-refractivity contribution in [3.05, 3.63) is 0 Å². The van der Waals surface area contributed by atoms with Gasteiger partial charge in [0.2, 0.25) is 0 Å². The smallest absolute Gasteiger partial charge is 0.151 e. The second-order valence-electron chi connectivity index (χ2n) is 6.20. The highest BCUT2D eigenvalue weighted by Crippen LogP contribution is 2.29.